The van der Waals surface area contributed by atoms with Crippen molar-refractivity contribution in [2.24, 2.45) is 5.92 Å². The molecule has 0 radical (unpaired) electrons. The van der Waals surface area contributed by atoms with Crippen molar-refractivity contribution in [3.8, 4) is 0 Å². The van der Waals surface area contributed by atoms with Gasteiger partial charge >= 0.3 is 0 Å². The lowest BCUT2D eigenvalue weighted by molar-refractivity contribution is 0.0764. The smallest absolute Gasteiger partial charge is 0.168 e. The monoisotopic (exact) mass is 205 g/mol. The molecule has 0 amide bonds. The zero-order valence-electron chi connectivity index (χ0n) is 8.77. The van der Waals surface area contributed by atoms with Gasteiger partial charge in [-0.15, -0.1) is 0 Å². The van der Waals surface area contributed by atoms with E-state index in [4.69, 9.17) is 10.5 Å². The maximum absolute atomic E-state index is 12.0. The minimum Gasteiger partial charge on any atom is -0.399 e. The third-order valence-corrected chi connectivity index (χ3v) is 2.91. The number of anilines is 1. The number of nitrogen functional groups attached to an aromatic ring is 1. The Kier molecular flexibility index (Phi) is 2.73. The second-order valence-corrected chi connectivity index (χ2v) is 3.96. The molecule has 15 heavy (non-hydrogen) atoms. The fourth-order valence-corrected chi connectivity index (χ4v) is 1.94. The highest BCUT2D eigenvalue weighted by Gasteiger charge is 2.31. The van der Waals surface area contributed by atoms with Crippen molar-refractivity contribution >= 4 is 11.5 Å². The normalized spacial score (nSPS) is 25.4. The van der Waals surface area contributed by atoms with Crippen LogP contribution in [0.15, 0.2) is 24.3 Å². The van der Waals surface area contributed by atoms with Crippen molar-refractivity contribution in [2.45, 2.75) is 19.4 Å². The minimum absolute atomic E-state index is 0.00799. The van der Waals surface area contributed by atoms with E-state index in [-0.39, 0.29) is 17.8 Å². The summed E-state index contributed by atoms with van der Waals surface area (Å²) in [4.78, 5) is 12.0. The summed E-state index contributed by atoms with van der Waals surface area (Å²) in [5.41, 5.74) is 6.98. The average molecular weight is 205 g/mol. The van der Waals surface area contributed by atoms with Crippen LogP contribution < -0.4 is 5.73 Å². The van der Waals surface area contributed by atoms with E-state index >= 15 is 0 Å². The minimum atomic E-state index is 0.00799. The Morgan fingerprint density at radius 1 is 1.40 bits per heavy atom. The van der Waals surface area contributed by atoms with E-state index in [2.05, 4.69) is 0 Å². The first-order chi connectivity index (χ1) is 7.18. The summed E-state index contributed by atoms with van der Waals surface area (Å²) in [5, 5.41) is 0. The van der Waals surface area contributed by atoms with Crippen LogP contribution in [0.2, 0.25) is 0 Å². The standard InChI is InChI=1S/C12H15NO2/c1-8-11(6-7-15-8)12(14)9-2-4-10(13)5-3-9/h2-5,8,11H,6-7,13H2,1H3. The summed E-state index contributed by atoms with van der Waals surface area (Å²) >= 11 is 0. The predicted molar refractivity (Wildman–Crippen MR) is 58.7 cm³/mol. The number of benzene rings is 1. The quantitative estimate of drug-likeness (QED) is 0.592. The topological polar surface area (TPSA) is 52.3 Å². The van der Waals surface area contributed by atoms with Crippen molar-refractivity contribution in [3.05, 3.63) is 29.8 Å². The van der Waals surface area contributed by atoms with Gasteiger partial charge in [0.05, 0.1) is 12.0 Å². The summed E-state index contributed by atoms with van der Waals surface area (Å²) in [7, 11) is 0. The van der Waals surface area contributed by atoms with Gasteiger partial charge in [-0.3, -0.25) is 4.79 Å². The van der Waals surface area contributed by atoms with Crippen LogP contribution in [0.5, 0.6) is 0 Å². The molecule has 2 unspecified atom stereocenters. The Hall–Kier alpha value is -1.35. The number of ether oxygens (including phenoxy) is 1. The van der Waals surface area contributed by atoms with E-state index in [1.165, 1.54) is 0 Å². The second kappa shape index (κ2) is 4.03. The van der Waals surface area contributed by atoms with Crippen LogP contribution >= 0.6 is 0 Å². The highest BCUT2D eigenvalue weighted by atomic mass is 16.5. The molecule has 1 fully saturated rings. The molecule has 1 saturated heterocycles. The number of nitrogens with two attached hydrogens (primary N) is 1. The maximum atomic E-state index is 12.0. The fraction of sp³-hybridized carbons (Fsp3) is 0.417. The zero-order valence-corrected chi connectivity index (χ0v) is 8.77. The largest absolute Gasteiger partial charge is 0.399 e. The molecule has 3 heteroatoms. The Morgan fingerprint density at radius 2 is 2.07 bits per heavy atom. The van der Waals surface area contributed by atoms with E-state index in [0.29, 0.717) is 12.3 Å². The summed E-state index contributed by atoms with van der Waals surface area (Å²) in [6.45, 7) is 2.64. The maximum Gasteiger partial charge on any atom is 0.168 e. The van der Waals surface area contributed by atoms with Crippen molar-refractivity contribution < 1.29 is 9.53 Å². The second-order valence-electron chi connectivity index (χ2n) is 3.96. The lowest BCUT2D eigenvalue weighted by Crippen LogP contribution is -2.21. The van der Waals surface area contributed by atoms with Gasteiger partial charge in [0.2, 0.25) is 0 Å². The predicted octanol–water partition coefficient (Wildman–Crippen LogP) is 1.88. The first-order valence-electron chi connectivity index (χ1n) is 5.20. The Morgan fingerprint density at radius 3 is 2.60 bits per heavy atom. The molecule has 1 aromatic rings. The molecule has 3 nitrogen and oxygen atoms in total. The molecule has 80 valence electrons. The summed E-state index contributed by atoms with van der Waals surface area (Å²) in [5.74, 6) is 0.175. The molecule has 2 rings (SSSR count). The van der Waals surface area contributed by atoms with Crippen molar-refractivity contribution in [2.75, 3.05) is 12.3 Å². The molecule has 0 bridgehead atoms. The lowest BCUT2D eigenvalue weighted by Gasteiger charge is -2.12. The Bertz CT molecular complexity index is 358. The van der Waals surface area contributed by atoms with E-state index in [1.807, 2.05) is 6.92 Å². The average Bonchev–Trinajstić information content (AvgIpc) is 2.65. The van der Waals surface area contributed by atoms with Gasteiger partial charge in [0, 0.05) is 17.9 Å². The molecular weight excluding hydrogens is 190 g/mol. The molecule has 2 atom stereocenters. The zero-order chi connectivity index (χ0) is 10.8. The summed E-state index contributed by atoms with van der Waals surface area (Å²) in [6, 6.07) is 7.08. The van der Waals surface area contributed by atoms with Gasteiger partial charge < -0.3 is 10.5 Å². The van der Waals surface area contributed by atoms with Gasteiger partial charge in [-0.05, 0) is 37.6 Å². The van der Waals surface area contributed by atoms with Crippen LogP contribution in [0.3, 0.4) is 0 Å². The van der Waals surface area contributed by atoms with Gasteiger partial charge in [-0.25, -0.2) is 0 Å². The number of carbonyl (C=O) groups is 1. The molecule has 2 N–H and O–H groups in total. The van der Waals surface area contributed by atoms with Crippen LogP contribution in [-0.4, -0.2) is 18.5 Å². The highest BCUT2D eigenvalue weighted by Crippen LogP contribution is 2.24. The summed E-state index contributed by atoms with van der Waals surface area (Å²) < 4.78 is 5.39. The van der Waals surface area contributed by atoms with Gasteiger partial charge in [0.15, 0.2) is 5.78 Å². The van der Waals surface area contributed by atoms with Gasteiger partial charge in [-0.2, -0.15) is 0 Å². The first kappa shape index (κ1) is 10.2. The van der Waals surface area contributed by atoms with Crippen molar-refractivity contribution in [1.82, 2.24) is 0 Å². The summed E-state index contributed by atoms with van der Waals surface area (Å²) in [6.07, 6.45) is 0.861. The number of ketones is 1. The number of hydrogen-bond acceptors (Lipinski definition) is 3. The fourth-order valence-electron chi connectivity index (χ4n) is 1.94. The number of Topliss-reactive ketones (excluding diaryl/α,β-unsaturated/α-hetero) is 1. The molecular formula is C12H15NO2. The Balaban J connectivity index is 2.17. The molecule has 0 aliphatic carbocycles. The third kappa shape index (κ3) is 2.02. The molecule has 0 spiro atoms. The molecule has 1 heterocycles. The number of carbonyl (C=O) groups excluding carboxylic acids is 1. The SMILES string of the molecule is CC1OCCC1C(=O)c1ccc(N)cc1. The molecule has 1 aliphatic heterocycles. The van der Waals surface area contributed by atoms with Gasteiger partial charge in [0.25, 0.3) is 0 Å². The van der Waals surface area contributed by atoms with Crippen LogP contribution in [0.4, 0.5) is 5.69 Å². The van der Waals surface area contributed by atoms with Crippen LogP contribution in [-0.2, 0) is 4.74 Å². The van der Waals surface area contributed by atoms with E-state index in [9.17, 15) is 4.79 Å². The third-order valence-electron chi connectivity index (χ3n) is 2.91. The van der Waals surface area contributed by atoms with E-state index in [0.717, 1.165) is 12.0 Å². The highest BCUT2D eigenvalue weighted by molar-refractivity contribution is 5.98. The first-order valence-corrected chi connectivity index (χ1v) is 5.20. The Labute approximate surface area is 89.2 Å². The van der Waals surface area contributed by atoms with Gasteiger partial charge in [0.1, 0.15) is 0 Å². The van der Waals surface area contributed by atoms with E-state index in [1.54, 1.807) is 24.3 Å². The van der Waals surface area contributed by atoms with Crippen LogP contribution in [0.25, 0.3) is 0 Å². The number of rotatable bonds is 2. The van der Waals surface area contributed by atoms with E-state index < -0.39 is 0 Å². The van der Waals surface area contributed by atoms with Crippen molar-refractivity contribution in [1.29, 1.82) is 0 Å². The van der Waals surface area contributed by atoms with Crippen molar-refractivity contribution in [3.63, 3.8) is 0 Å². The number of hydrogen-bond donors (Lipinski definition) is 1. The molecule has 0 saturated carbocycles. The lowest BCUT2D eigenvalue weighted by atomic mass is 9.92. The van der Waals surface area contributed by atoms with Crippen LogP contribution in [0.1, 0.15) is 23.7 Å². The molecule has 1 aliphatic rings. The molecule has 0 aromatic heterocycles. The van der Waals surface area contributed by atoms with Gasteiger partial charge in [-0.1, -0.05) is 0 Å². The van der Waals surface area contributed by atoms with Crippen LogP contribution in [0, 0.1) is 5.92 Å². The molecule has 1 aromatic carbocycles.